The zero-order valence-corrected chi connectivity index (χ0v) is 14.0. The number of benzene rings is 2. The molecule has 0 radical (unpaired) electrons. The molecule has 1 atom stereocenters. The number of Topliss-reactive ketones (excluding diaryl/α,β-unsaturated/α-hetero) is 1. The van der Waals surface area contributed by atoms with E-state index in [0.29, 0.717) is 20.6 Å². The second-order valence-electron chi connectivity index (χ2n) is 4.10. The van der Waals surface area contributed by atoms with Gasteiger partial charge in [-0.2, -0.15) is 5.26 Å². The van der Waals surface area contributed by atoms with Crippen molar-refractivity contribution in [2.75, 3.05) is 0 Å². The maximum absolute atomic E-state index is 12.5. The second-order valence-corrected chi connectivity index (χ2v) is 6.31. The van der Waals surface area contributed by atoms with Crippen LogP contribution in [0.3, 0.4) is 0 Å². The van der Waals surface area contributed by atoms with Gasteiger partial charge < -0.3 is 0 Å². The van der Waals surface area contributed by atoms with Crippen LogP contribution in [0.25, 0.3) is 0 Å². The Labute approximate surface area is 138 Å². The molecule has 0 spiro atoms. The van der Waals surface area contributed by atoms with Gasteiger partial charge in [-0.25, -0.2) is 0 Å². The first kappa shape index (κ1) is 15.2. The lowest BCUT2D eigenvalue weighted by molar-refractivity contribution is 0.0978. The minimum absolute atomic E-state index is 0.241. The molecule has 2 rings (SSSR count). The first-order valence-electron chi connectivity index (χ1n) is 5.67. The van der Waals surface area contributed by atoms with Gasteiger partial charge in [0, 0.05) is 19.5 Å². The van der Waals surface area contributed by atoms with E-state index in [9.17, 15) is 10.1 Å². The Morgan fingerprint density at radius 3 is 2.35 bits per heavy atom. The van der Waals surface area contributed by atoms with Gasteiger partial charge in [-0.1, -0.05) is 55.6 Å². The van der Waals surface area contributed by atoms with E-state index in [1.807, 2.05) is 0 Å². The summed E-state index contributed by atoms with van der Waals surface area (Å²) in [6.07, 6.45) is 0. The number of hydrogen-bond acceptors (Lipinski definition) is 2. The molecule has 0 saturated carbocycles. The highest BCUT2D eigenvalue weighted by Gasteiger charge is 2.23. The summed E-state index contributed by atoms with van der Waals surface area (Å²) >= 11 is 12.5. The van der Waals surface area contributed by atoms with Gasteiger partial charge in [0.2, 0.25) is 0 Å². The van der Waals surface area contributed by atoms with Crippen LogP contribution in [-0.2, 0) is 0 Å². The number of halogens is 3. The Morgan fingerprint density at radius 1 is 1.15 bits per heavy atom. The molecule has 0 aliphatic carbocycles. The van der Waals surface area contributed by atoms with E-state index in [1.165, 1.54) is 0 Å². The molecule has 2 aromatic rings. The molecule has 0 fully saturated rings. The van der Waals surface area contributed by atoms with Crippen LogP contribution in [0, 0.1) is 11.3 Å². The van der Waals surface area contributed by atoms with Gasteiger partial charge in [-0.3, -0.25) is 4.79 Å². The molecule has 0 aliphatic heterocycles. The Balaban J connectivity index is 2.39. The van der Waals surface area contributed by atoms with Gasteiger partial charge in [0.1, 0.15) is 5.92 Å². The average Bonchev–Trinajstić information content (AvgIpc) is 2.41. The lowest BCUT2D eigenvalue weighted by Gasteiger charge is -2.10. The lowest BCUT2D eigenvalue weighted by atomic mass is 9.92. The van der Waals surface area contributed by atoms with Crippen molar-refractivity contribution >= 4 is 49.2 Å². The number of nitriles is 1. The number of nitrogens with zero attached hydrogens (tertiary/aromatic N) is 1. The van der Waals surface area contributed by atoms with Crippen LogP contribution in [0.4, 0.5) is 0 Å². The fourth-order valence-electron chi connectivity index (χ4n) is 1.78. The zero-order chi connectivity index (χ0) is 14.7. The molecule has 0 amide bonds. The third-order valence-corrected chi connectivity index (χ3v) is 4.19. The summed E-state index contributed by atoms with van der Waals surface area (Å²) in [6.45, 7) is 0. The number of rotatable bonds is 3. The minimum atomic E-state index is -0.843. The highest BCUT2D eigenvalue weighted by Crippen LogP contribution is 2.28. The number of ketones is 1. The van der Waals surface area contributed by atoms with Crippen molar-refractivity contribution in [3.63, 3.8) is 0 Å². The maximum Gasteiger partial charge on any atom is 0.185 e. The summed E-state index contributed by atoms with van der Waals surface area (Å²) in [5, 5.41) is 9.87. The fourth-order valence-corrected chi connectivity index (χ4v) is 3.15. The van der Waals surface area contributed by atoms with E-state index < -0.39 is 5.92 Å². The largest absolute Gasteiger partial charge is 0.292 e. The monoisotopic (exact) mass is 411 g/mol. The molecule has 0 aliphatic rings. The zero-order valence-electron chi connectivity index (χ0n) is 10.1. The molecule has 2 nitrogen and oxygen atoms in total. The van der Waals surface area contributed by atoms with Gasteiger partial charge in [0.15, 0.2) is 5.78 Å². The summed E-state index contributed by atoms with van der Waals surface area (Å²) in [4.78, 5) is 12.5. The molecule has 1 unspecified atom stereocenters. The van der Waals surface area contributed by atoms with E-state index >= 15 is 0 Å². The molecule has 0 aromatic heterocycles. The first-order chi connectivity index (χ1) is 9.52. The molecule has 20 heavy (non-hydrogen) atoms. The van der Waals surface area contributed by atoms with Crippen molar-refractivity contribution in [2.24, 2.45) is 0 Å². The number of carbonyl (C=O) groups excluding carboxylic acids is 1. The summed E-state index contributed by atoms with van der Waals surface area (Å²) in [5.74, 6) is -1.08. The van der Waals surface area contributed by atoms with Crippen LogP contribution in [0.2, 0.25) is 5.02 Å². The van der Waals surface area contributed by atoms with Crippen molar-refractivity contribution in [2.45, 2.75) is 5.92 Å². The van der Waals surface area contributed by atoms with Crippen molar-refractivity contribution in [1.82, 2.24) is 0 Å². The maximum atomic E-state index is 12.5. The van der Waals surface area contributed by atoms with Crippen molar-refractivity contribution in [1.29, 1.82) is 5.26 Å². The van der Waals surface area contributed by atoms with Gasteiger partial charge in [-0.15, -0.1) is 0 Å². The second kappa shape index (κ2) is 6.53. The van der Waals surface area contributed by atoms with E-state index in [1.54, 1.807) is 42.5 Å². The van der Waals surface area contributed by atoms with Crippen LogP contribution in [0.5, 0.6) is 0 Å². The molecule has 0 N–H and O–H groups in total. The molecule has 0 heterocycles. The summed E-state index contributed by atoms with van der Waals surface area (Å²) in [6, 6.07) is 14.0. The van der Waals surface area contributed by atoms with Crippen molar-refractivity contribution in [3.05, 3.63) is 67.6 Å². The van der Waals surface area contributed by atoms with Crippen LogP contribution in [0.15, 0.2) is 51.4 Å². The molecular weight excluding hydrogens is 405 g/mol. The molecule has 100 valence electrons. The Morgan fingerprint density at radius 2 is 1.80 bits per heavy atom. The van der Waals surface area contributed by atoms with Crippen LogP contribution < -0.4 is 0 Å². The first-order valence-corrected chi connectivity index (χ1v) is 7.63. The van der Waals surface area contributed by atoms with Crippen molar-refractivity contribution < 1.29 is 4.79 Å². The smallest absolute Gasteiger partial charge is 0.185 e. The highest BCUT2D eigenvalue weighted by atomic mass is 79.9. The van der Waals surface area contributed by atoms with Gasteiger partial charge >= 0.3 is 0 Å². The van der Waals surface area contributed by atoms with E-state index in [-0.39, 0.29) is 5.78 Å². The molecule has 0 bridgehead atoms. The Hall–Kier alpha value is -1.15. The van der Waals surface area contributed by atoms with Crippen LogP contribution in [-0.4, -0.2) is 5.78 Å². The average molecular weight is 413 g/mol. The fraction of sp³-hybridized carbons (Fsp3) is 0.0667. The van der Waals surface area contributed by atoms with Crippen LogP contribution in [0.1, 0.15) is 21.8 Å². The Kier molecular flexibility index (Phi) is 4.98. The summed E-state index contributed by atoms with van der Waals surface area (Å²) in [7, 11) is 0. The topological polar surface area (TPSA) is 40.9 Å². The van der Waals surface area contributed by atoms with Gasteiger partial charge in [-0.05, 0) is 35.9 Å². The van der Waals surface area contributed by atoms with E-state index in [0.717, 1.165) is 4.47 Å². The lowest BCUT2D eigenvalue weighted by Crippen LogP contribution is -2.11. The summed E-state index contributed by atoms with van der Waals surface area (Å²) < 4.78 is 1.52. The van der Waals surface area contributed by atoms with E-state index in [2.05, 4.69) is 37.9 Å². The summed E-state index contributed by atoms with van der Waals surface area (Å²) in [5.41, 5.74) is 1.12. The number of carbonyl (C=O) groups is 1. The third kappa shape index (κ3) is 3.29. The highest BCUT2D eigenvalue weighted by molar-refractivity contribution is 9.11. The van der Waals surface area contributed by atoms with Gasteiger partial charge in [0.25, 0.3) is 0 Å². The van der Waals surface area contributed by atoms with Crippen molar-refractivity contribution in [3.8, 4) is 6.07 Å². The van der Waals surface area contributed by atoms with E-state index in [4.69, 9.17) is 11.6 Å². The third-order valence-electron chi connectivity index (χ3n) is 2.79. The molecular formula is C15H8Br2ClNO. The predicted molar refractivity (Wildman–Crippen MR) is 86.0 cm³/mol. The SMILES string of the molecule is N#CC(C(=O)c1ccc(Br)cc1Br)c1ccc(Cl)cc1. The Bertz CT molecular complexity index is 692. The molecule has 0 saturated heterocycles. The van der Waals surface area contributed by atoms with Gasteiger partial charge in [0.05, 0.1) is 6.07 Å². The quantitative estimate of drug-likeness (QED) is 0.636. The standard InChI is InChI=1S/C15H8Br2ClNO/c16-10-3-6-12(14(17)7-10)15(20)13(8-19)9-1-4-11(18)5-2-9/h1-7,13H. The van der Waals surface area contributed by atoms with Crippen LogP contribution >= 0.6 is 43.5 Å². The molecule has 2 aromatic carbocycles. The minimum Gasteiger partial charge on any atom is -0.292 e. The number of hydrogen-bond donors (Lipinski definition) is 0. The molecule has 5 heteroatoms. The predicted octanol–water partition coefficient (Wildman–Crippen LogP) is 5.36. The normalized spacial score (nSPS) is 11.7.